The molecule has 0 N–H and O–H groups in total. The molecule has 1 fully saturated rings. The molecule has 0 aliphatic heterocycles. The van der Waals surface area contributed by atoms with Gasteiger partial charge in [0.05, 0.1) is 5.75 Å². The molecule has 0 amide bonds. The third-order valence-corrected chi connectivity index (χ3v) is 4.12. The molecule has 0 spiro atoms. The number of sulfone groups is 1. The maximum atomic E-state index is 12.6. The number of aromatic nitrogens is 2. The van der Waals surface area contributed by atoms with E-state index in [1.54, 1.807) is 0 Å². The van der Waals surface area contributed by atoms with Crippen LogP contribution in [0, 0.1) is 0 Å². The fourth-order valence-corrected chi connectivity index (χ4v) is 2.18. The molecule has 0 radical (unpaired) electrons. The van der Waals surface area contributed by atoms with Crippen molar-refractivity contribution in [2.45, 2.75) is 37.3 Å². The van der Waals surface area contributed by atoms with Crippen LogP contribution in [0.3, 0.4) is 0 Å². The molecule has 1 heterocycles. The maximum absolute atomic E-state index is 12.6. The Morgan fingerprint density at radius 3 is 2.53 bits per heavy atom. The monoisotopic (exact) mass is 262 g/mol. The number of rotatable bonds is 4. The van der Waals surface area contributed by atoms with Gasteiger partial charge < -0.3 is 0 Å². The molecule has 2 rings (SSSR count). The molecule has 0 unspecified atom stereocenters. The minimum Gasteiger partial charge on any atom is -0.223 e. The van der Waals surface area contributed by atoms with Gasteiger partial charge in [0.1, 0.15) is 5.69 Å². The Labute approximate surface area is 98.0 Å². The quantitative estimate of drug-likeness (QED) is 0.779. The first-order chi connectivity index (χ1) is 7.94. The second kappa shape index (κ2) is 4.29. The van der Waals surface area contributed by atoms with E-state index in [0.717, 1.165) is 12.8 Å². The lowest BCUT2D eigenvalue weighted by Gasteiger charge is -2.06. The van der Waals surface area contributed by atoms with Crippen LogP contribution in [0.4, 0.5) is 8.78 Å². The van der Waals surface area contributed by atoms with Gasteiger partial charge >= 0.3 is 0 Å². The number of halogens is 2. The van der Waals surface area contributed by atoms with Gasteiger partial charge in [-0.1, -0.05) is 6.92 Å². The molecule has 1 aliphatic rings. The Hall–Kier alpha value is -1.11. The van der Waals surface area contributed by atoms with Crippen LogP contribution in [0.15, 0.2) is 11.2 Å². The first-order valence-electron chi connectivity index (χ1n) is 5.34. The van der Waals surface area contributed by atoms with Gasteiger partial charge in [-0.2, -0.15) is 0 Å². The first-order valence-corrected chi connectivity index (χ1v) is 6.99. The van der Waals surface area contributed by atoms with Crippen LogP contribution >= 0.6 is 0 Å². The Kier molecular flexibility index (Phi) is 3.11. The van der Waals surface area contributed by atoms with Crippen LogP contribution in [0.25, 0.3) is 0 Å². The van der Waals surface area contributed by atoms with Crippen molar-refractivity contribution >= 4 is 9.84 Å². The zero-order valence-electron chi connectivity index (χ0n) is 9.23. The van der Waals surface area contributed by atoms with Gasteiger partial charge in [-0.25, -0.2) is 27.2 Å². The summed E-state index contributed by atoms with van der Waals surface area (Å²) in [7, 11) is -3.64. The van der Waals surface area contributed by atoms with E-state index in [1.807, 2.05) is 0 Å². The molecule has 17 heavy (non-hydrogen) atoms. The molecular weight excluding hydrogens is 250 g/mol. The highest BCUT2D eigenvalue weighted by molar-refractivity contribution is 7.91. The molecule has 1 saturated carbocycles. The Balaban J connectivity index is 2.51. The molecule has 0 bridgehead atoms. The summed E-state index contributed by atoms with van der Waals surface area (Å²) in [5, 5.41) is -0.473. The van der Waals surface area contributed by atoms with E-state index in [1.165, 1.54) is 13.0 Å². The van der Waals surface area contributed by atoms with Crippen LogP contribution < -0.4 is 0 Å². The average molecular weight is 262 g/mol. The molecule has 1 aromatic heterocycles. The lowest BCUT2D eigenvalue weighted by atomic mass is 10.2. The van der Waals surface area contributed by atoms with Crippen molar-refractivity contribution in [2.75, 3.05) is 5.75 Å². The number of alkyl halides is 2. The van der Waals surface area contributed by atoms with Gasteiger partial charge in [0.15, 0.2) is 0 Å². The zero-order chi connectivity index (χ0) is 12.6. The fourth-order valence-electron chi connectivity index (χ4n) is 1.43. The van der Waals surface area contributed by atoms with Crippen molar-refractivity contribution in [1.29, 1.82) is 0 Å². The lowest BCUT2D eigenvalue weighted by Crippen LogP contribution is -2.12. The zero-order valence-corrected chi connectivity index (χ0v) is 10.0. The minimum atomic E-state index is -3.64. The van der Waals surface area contributed by atoms with E-state index in [4.69, 9.17) is 0 Å². The highest BCUT2D eigenvalue weighted by Gasteiger charge is 2.29. The van der Waals surface area contributed by atoms with E-state index in [9.17, 15) is 17.2 Å². The third kappa shape index (κ3) is 2.59. The smallest absolute Gasteiger partial charge is 0.223 e. The largest absolute Gasteiger partial charge is 0.280 e. The second-order valence-electron chi connectivity index (χ2n) is 3.98. The van der Waals surface area contributed by atoms with E-state index >= 15 is 0 Å². The molecule has 94 valence electrons. The van der Waals surface area contributed by atoms with Gasteiger partial charge in [0.2, 0.25) is 15.0 Å². The van der Waals surface area contributed by atoms with Gasteiger partial charge in [0.25, 0.3) is 6.43 Å². The summed E-state index contributed by atoms with van der Waals surface area (Å²) in [6.45, 7) is 1.44. The average Bonchev–Trinajstić information content (AvgIpc) is 3.12. The number of nitrogens with zero attached hydrogens (tertiary/aromatic N) is 2. The maximum Gasteiger partial charge on any atom is 0.280 e. The van der Waals surface area contributed by atoms with Gasteiger partial charge in [-0.3, -0.25) is 0 Å². The number of hydrogen-bond donors (Lipinski definition) is 0. The third-order valence-electron chi connectivity index (χ3n) is 2.62. The van der Waals surface area contributed by atoms with Crippen molar-refractivity contribution < 1.29 is 17.2 Å². The predicted octanol–water partition coefficient (Wildman–Crippen LogP) is 2.09. The van der Waals surface area contributed by atoms with Crippen molar-refractivity contribution in [3.63, 3.8) is 0 Å². The van der Waals surface area contributed by atoms with Gasteiger partial charge in [0, 0.05) is 11.6 Å². The predicted molar refractivity (Wildman–Crippen MR) is 56.7 cm³/mol. The minimum absolute atomic E-state index is 0.112. The molecule has 4 nitrogen and oxygen atoms in total. The van der Waals surface area contributed by atoms with Crippen molar-refractivity contribution in [3.8, 4) is 0 Å². The van der Waals surface area contributed by atoms with Crippen LogP contribution in [-0.4, -0.2) is 24.1 Å². The molecule has 1 aromatic rings. The molecule has 1 aliphatic carbocycles. The van der Waals surface area contributed by atoms with Gasteiger partial charge in [-0.05, 0) is 18.9 Å². The van der Waals surface area contributed by atoms with Crippen LogP contribution in [0.1, 0.15) is 43.5 Å². The fraction of sp³-hybridized carbons (Fsp3) is 0.600. The van der Waals surface area contributed by atoms with E-state index in [0.29, 0.717) is 5.69 Å². The topological polar surface area (TPSA) is 59.9 Å². The normalized spacial score (nSPS) is 16.5. The van der Waals surface area contributed by atoms with Crippen LogP contribution in [0.2, 0.25) is 0 Å². The summed E-state index contributed by atoms with van der Waals surface area (Å²) in [4.78, 5) is 7.32. The summed E-state index contributed by atoms with van der Waals surface area (Å²) in [5.41, 5.74) is -0.0868. The molecular formula is C10H12F2N2O2S. The van der Waals surface area contributed by atoms with Crippen LogP contribution in [-0.2, 0) is 9.84 Å². The number of hydrogen-bond acceptors (Lipinski definition) is 4. The Morgan fingerprint density at radius 1 is 1.41 bits per heavy atom. The molecule has 0 aromatic carbocycles. The van der Waals surface area contributed by atoms with E-state index in [-0.39, 0.29) is 11.7 Å². The SMILES string of the molecule is CCS(=O)(=O)c1nc(C(F)F)cc(C2CC2)n1. The van der Waals surface area contributed by atoms with Gasteiger partial charge in [-0.15, -0.1) is 0 Å². The van der Waals surface area contributed by atoms with E-state index in [2.05, 4.69) is 9.97 Å². The Bertz CT molecular complexity index is 507. The molecule has 0 saturated heterocycles. The summed E-state index contributed by atoms with van der Waals surface area (Å²) in [5.74, 6) is -0.0784. The van der Waals surface area contributed by atoms with E-state index < -0.39 is 27.1 Å². The first kappa shape index (κ1) is 12.3. The standard InChI is InChI=1S/C10H12F2N2O2S/c1-2-17(15,16)10-13-7(6-3-4-6)5-8(14-10)9(11)12/h5-6,9H,2-4H2,1H3. The summed E-state index contributed by atoms with van der Waals surface area (Å²) < 4.78 is 48.4. The highest BCUT2D eigenvalue weighted by atomic mass is 32.2. The second-order valence-corrected chi connectivity index (χ2v) is 6.15. The van der Waals surface area contributed by atoms with Crippen molar-refractivity contribution in [1.82, 2.24) is 9.97 Å². The highest BCUT2D eigenvalue weighted by Crippen LogP contribution is 2.40. The van der Waals surface area contributed by atoms with Crippen molar-refractivity contribution in [2.24, 2.45) is 0 Å². The summed E-state index contributed by atoms with van der Waals surface area (Å²) >= 11 is 0. The summed E-state index contributed by atoms with van der Waals surface area (Å²) in [6.07, 6.45) is -1.04. The Morgan fingerprint density at radius 2 is 2.06 bits per heavy atom. The van der Waals surface area contributed by atoms with Crippen LogP contribution in [0.5, 0.6) is 0 Å². The summed E-state index contributed by atoms with van der Waals surface area (Å²) in [6, 6.07) is 1.21. The lowest BCUT2D eigenvalue weighted by molar-refractivity contribution is 0.144. The molecule has 7 heteroatoms. The molecule has 0 atom stereocenters. The van der Waals surface area contributed by atoms with Crippen molar-refractivity contribution in [3.05, 3.63) is 17.5 Å².